The number of halogens is 1. The smallest absolute Gasteiger partial charge is 0.294 e. The largest absolute Gasteiger partial charge is 0.490 e. The molecule has 1 spiro atoms. The summed E-state index contributed by atoms with van der Waals surface area (Å²) in [7, 11) is 3.36. The zero-order valence-corrected chi connectivity index (χ0v) is 33.2. The fourth-order valence-corrected chi connectivity index (χ4v) is 8.68. The van der Waals surface area contributed by atoms with Gasteiger partial charge in [0.05, 0.1) is 35.2 Å². The Morgan fingerprint density at radius 3 is 2.65 bits per heavy atom. The maximum atomic E-state index is 13.2. The predicted octanol–water partition coefficient (Wildman–Crippen LogP) is 4.77. The van der Waals surface area contributed by atoms with Crippen LogP contribution in [0.15, 0.2) is 47.5 Å². The van der Waals surface area contributed by atoms with Gasteiger partial charge in [0.25, 0.3) is 11.5 Å². The average Bonchev–Trinajstić information content (AvgIpc) is 3.49. The maximum Gasteiger partial charge on any atom is 0.294 e. The van der Waals surface area contributed by atoms with Gasteiger partial charge in [-0.25, -0.2) is 9.97 Å². The van der Waals surface area contributed by atoms with Gasteiger partial charge < -0.3 is 25.0 Å². The van der Waals surface area contributed by atoms with Crippen molar-refractivity contribution >= 4 is 68.7 Å². The number of rotatable bonds is 10. The van der Waals surface area contributed by atoms with Crippen molar-refractivity contribution in [2.45, 2.75) is 70.9 Å². The first-order chi connectivity index (χ1) is 27.3. The summed E-state index contributed by atoms with van der Waals surface area (Å²) >= 11 is 6.58. The molecule has 57 heavy (non-hydrogen) atoms. The van der Waals surface area contributed by atoms with E-state index in [0.29, 0.717) is 58.0 Å². The summed E-state index contributed by atoms with van der Waals surface area (Å²) in [5, 5.41) is 14.7. The lowest BCUT2D eigenvalue weighted by molar-refractivity contribution is -0.134. The summed E-state index contributed by atoms with van der Waals surface area (Å²) in [6.07, 6.45) is 6.93. The van der Waals surface area contributed by atoms with E-state index >= 15 is 0 Å². The number of nitrogens with one attached hydrogen (secondary N) is 3. The third-order valence-corrected chi connectivity index (χ3v) is 11.7. The van der Waals surface area contributed by atoms with Crippen molar-refractivity contribution in [2.75, 3.05) is 37.0 Å². The summed E-state index contributed by atoms with van der Waals surface area (Å²) < 4.78 is 15.5. The van der Waals surface area contributed by atoms with Gasteiger partial charge in [0, 0.05) is 61.9 Å². The average molecular weight is 797 g/mol. The number of amides is 3. The van der Waals surface area contributed by atoms with E-state index < -0.39 is 5.92 Å². The number of piperidine rings is 1. The van der Waals surface area contributed by atoms with Crippen molar-refractivity contribution in [3.05, 3.63) is 63.8 Å². The number of hydrogen-bond donors (Lipinski definition) is 3. The second-order valence-corrected chi connectivity index (χ2v) is 16.2. The number of anilines is 3. The van der Waals surface area contributed by atoms with Crippen LogP contribution in [0.1, 0.15) is 70.5 Å². The van der Waals surface area contributed by atoms with Crippen LogP contribution >= 0.6 is 11.6 Å². The zero-order valence-electron chi connectivity index (χ0n) is 32.5. The van der Waals surface area contributed by atoms with E-state index in [1.807, 2.05) is 45.2 Å². The number of aromatic nitrogens is 6. The molecular formula is C40H45ClN10O6. The molecule has 1 saturated carbocycles. The number of carbonyl (C=O) groups is 3. The van der Waals surface area contributed by atoms with Crippen LogP contribution in [0.5, 0.6) is 11.5 Å². The zero-order chi connectivity index (χ0) is 40.2. The molecule has 1 aromatic carbocycles. The number of aryl methyl sites for hydroxylation is 1. The molecule has 1 aliphatic carbocycles. The molecule has 0 radical (unpaired) electrons. The minimum absolute atomic E-state index is 0.0519. The molecule has 298 valence electrons. The van der Waals surface area contributed by atoms with Gasteiger partial charge in [0.2, 0.25) is 17.8 Å². The number of likely N-dealkylation sites (N-methyl/N-ethyl adjacent to an activating group) is 1. The SMILES string of the molecule is CNC(=O)COc1cc2cc(Nc3nc(N4CC5(CC[C@@H](Oc6ccc7c([C@H]8CCC(=O)NC8=O)nn(C)c7c6)[C@@H](C)C5)C4)ncc3Cl)cnc2n(C(C)C)c1=O. The van der Waals surface area contributed by atoms with Crippen molar-refractivity contribution in [3.63, 3.8) is 0 Å². The van der Waals surface area contributed by atoms with Crippen LogP contribution in [-0.4, -0.2) is 79.9 Å². The minimum Gasteiger partial charge on any atom is -0.490 e. The van der Waals surface area contributed by atoms with Crippen molar-refractivity contribution in [1.29, 1.82) is 0 Å². The second-order valence-electron chi connectivity index (χ2n) is 15.8. The van der Waals surface area contributed by atoms with Gasteiger partial charge in [-0.05, 0) is 69.7 Å². The fourth-order valence-electron chi connectivity index (χ4n) is 8.54. The Labute approximate surface area is 333 Å². The first-order valence-electron chi connectivity index (χ1n) is 19.2. The standard InChI is InChI=1S/C40H45ClN10O6/c1-21(2)51-36-23(13-31(38(51)55)56-18-33(53)42-4)12-24(16-43-36)45-35-28(41)17-44-39(47-35)50-19-40(20-50)11-10-30(22(3)15-40)57-25-6-7-26-29(14-25)49(5)48-34(26)27-8-9-32(52)46-37(27)54/h6-7,12-14,16-17,21-22,27,30H,8-11,15,18-20H2,1-5H3,(H,42,53)(H,44,45,47)(H,46,52,54)/t22-,27+,30+/m0/s1. The third-order valence-electron chi connectivity index (χ3n) is 11.4. The molecule has 2 aliphatic heterocycles. The molecule has 0 unspecified atom stereocenters. The number of hydrogen-bond acceptors (Lipinski definition) is 12. The number of imide groups is 1. The van der Waals surface area contributed by atoms with Crippen LogP contribution in [0, 0.1) is 11.3 Å². The molecule has 3 aliphatic rings. The van der Waals surface area contributed by atoms with E-state index in [0.717, 1.165) is 49.0 Å². The molecule has 3 N–H and O–H groups in total. The van der Waals surface area contributed by atoms with Crippen molar-refractivity contribution in [3.8, 4) is 11.5 Å². The van der Waals surface area contributed by atoms with Gasteiger partial charge in [-0.15, -0.1) is 0 Å². The maximum absolute atomic E-state index is 13.2. The lowest BCUT2D eigenvalue weighted by Crippen LogP contribution is -2.60. The minimum atomic E-state index is -0.455. The first-order valence-corrected chi connectivity index (χ1v) is 19.6. The molecule has 3 atom stereocenters. The topological polar surface area (TPSA) is 187 Å². The Kier molecular flexibility index (Phi) is 10.0. The highest BCUT2D eigenvalue weighted by molar-refractivity contribution is 6.33. The molecule has 8 rings (SSSR count). The van der Waals surface area contributed by atoms with E-state index in [2.05, 4.69) is 42.8 Å². The molecule has 3 amide bonds. The Morgan fingerprint density at radius 1 is 1.11 bits per heavy atom. The third kappa shape index (κ3) is 7.33. The highest BCUT2D eigenvalue weighted by Crippen LogP contribution is 2.48. The molecule has 17 heteroatoms. The Hall–Kier alpha value is -5.77. The van der Waals surface area contributed by atoms with E-state index in [1.165, 1.54) is 11.6 Å². The number of pyridine rings is 2. The van der Waals surface area contributed by atoms with Gasteiger partial charge in [-0.3, -0.25) is 33.7 Å². The highest BCUT2D eigenvalue weighted by Gasteiger charge is 2.49. The van der Waals surface area contributed by atoms with Crippen molar-refractivity contribution in [2.24, 2.45) is 18.4 Å². The fraction of sp³-hybridized carbons (Fsp3) is 0.450. The molecule has 16 nitrogen and oxygen atoms in total. The second kappa shape index (κ2) is 15.0. The number of fused-ring (bicyclic) bond motifs is 2. The molecule has 2 saturated heterocycles. The lowest BCUT2D eigenvalue weighted by Gasteiger charge is -2.55. The molecule has 4 aromatic heterocycles. The summed E-state index contributed by atoms with van der Waals surface area (Å²) in [6.45, 7) is 7.36. The normalized spacial score (nSPS) is 20.5. The van der Waals surface area contributed by atoms with Crippen LogP contribution in [0.3, 0.4) is 0 Å². The van der Waals surface area contributed by atoms with Crippen LogP contribution in [0.2, 0.25) is 5.02 Å². The number of benzene rings is 1. The van der Waals surface area contributed by atoms with Crippen molar-refractivity contribution < 1.29 is 23.9 Å². The van der Waals surface area contributed by atoms with E-state index in [-0.39, 0.29) is 53.2 Å². The monoisotopic (exact) mass is 796 g/mol. The Bertz CT molecular complexity index is 2480. The van der Waals surface area contributed by atoms with Gasteiger partial charge >= 0.3 is 0 Å². The number of ether oxygens (including phenoxy) is 2. The predicted molar refractivity (Wildman–Crippen MR) is 214 cm³/mol. The van der Waals surface area contributed by atoms with Gasteiger partial charge in [-0.2, -0.15) is 10.1 Å². The highest BCUT2D eigenvalue weighted by atomic mass is 35.5. The first kappa shape index (κ1) is 38.1. The molecule has 6 heterocycles. The van der Waals surface area contributed by atoms with E-state index in [1.54, 1.807) is 23.1 Å². The summed E-state index contributed by atoms with van der Waals surface area (Å²) in [6, 6.07) is 9.12. The van der Waals surface area contributed by atoms with Gasteiger partial charge in [-0.1, -0.05) is 18.5 Å². The lowest BCUT2D eigenvalue weighted by atomic mass is 9.64. The van der Waals surface area contributed by atoms with Crippen LogP contribution in [0.4, 0.5) is 17.5 Å². The summed E-state index contributed by atoms with van der Waals surface area (Å²) in [5.74, 6) is 0.791. The van der Waals surface area contributed by atoms with Gasteiger partial charge in [0.1, 0.15) is 22.5 Å². The summed E-state index contributed by atoms with van der Waals surface area (Å²) in [4.78, 5) is 65.4. The van der Waals surface area contributed by atoms with Crippen LogP contribution in [0.25, 0.3) is 21.9 Å². The number of nitrogens with zero attached hydrogens (tertiary/aromatic N) is 7. The van der Waals surface area contributed by atoms with E-state index in [4.69, 9.17) is 26.1 Å². The van der Waals surface area contributed by atoms with E-state index in [9.17, 15) is 19.2 Å². The van der Waals surface area contributed by atoms with Crippen molar-refractivity contribution in [1.82, 2.24) is 39.9 Å². The molecule has 3 fully saturated rings. The van der Waals surface area contributed by atoms with Crippen LogP contribution < -0.4 is 35.9 Å². The Balaban J connectivity index is 0.918. The van der Waals surface area contributed by atoms with Gasteiger partial charge in [0.15, 0.2) is 18.2 Å². The number of carbonyl (C=O) groups excluding carboxylic acids is 3. The Morgan fingerprint density at radius 2 is 1.91 bits per heavy atom. The molecule has 5 aromatic rings. The quantitative estimate of drug-likeness (QED) is 0.165. The molecule has 0 bridgehead atoms. The summed E-state index contributed by atoms with van der Waals surface area (Å²) in [5.41, 5.74) is 2.41. The van der Waals surface area contributed by atoms with Crippen LogP contribution in [-0.2, 0) is 21.4 Å². The molecular weight excluding hydrogens is 752 g/mol.